The van der Waals surface area contributed by atoms with Crippen molar-refractivity contribution in [2.75, 3.05) is 18.5 Å². The Morgan fingerprint density at radius 1 is 1.14 bits per heavy atom. The van der Waals surface area contributed by atoms with E-state index in [2.05, 4.69) is 25.4 Å². The number of nitrogens with zero attached hydrogens (tertiary/aromatic N) is 5. The predicted molar refractivity (Wildman–Crippen MR) is 108 cm³/mol. The van der Waals surface area contributed by atoms with Crippen molar-refractivity contribution in [2.45, 2.75) is 19.1 Å². The number of aromatic nitrogens is 5. The summed E-state index contributed by atoms with van der Waals surface area (Å²) in [5, 5.41) is 8.73. The Morgan fingerprint density at radius 2 is 2.07 bits per heavy atom. The van der Waals surface area contributed by atoms with Crippen LogP contribution in [0, 0.1) is 0 Å². The number of rotatable bonds is 6. The van der Waals surface area contributed by atoms with Crippen LogP contribution in [0.2, 0.25) is 0 Å². The number of ether oxygens (including phenoxy) is 2. The number of para-hydroxylation sites is 1. The molecule has 4 aromatic rings. The molecule has 1 aromatic carbocycles. The lowest BCUT2D eigenvalue weighted by Crippen LogP contribution is -2.16. The van der Waals surface area contributed by atoms with Gasteiger partial charge < -0.3 is 14.8 Å². The minimum absolute atomic E-state index is 0.0797. The summed E-state index contributed by atoms with van der Waals surface area (Å²) in [6, 6.07) is 13.8. The van der Waals surface area contributed by atoms with E-state index >= 15 is 0 Å². The van der Waals surface area contributed by atoms with Crippen LogP contribution in [0.4, 0.5) is 5.82 Å². The lowest BCUT2D eigenvalue weighted by Gasteiger charge is -2.12. The Labute approximate surface area is 167 Å². The molecular formula is C21H20N6O2. The molecular weight excluding hydrogens is 368 g/mol. The maximum Gasteiger partial charge on any atom is 0.213 e. The molecule has 0 amide bonds. The van der Waals surface area contributed by atoms with Crippen molar-refractivity contribution in [1.29, 1.82) is 0 Å². The van der Waals surface area contributed by atoms with E-state index < -0.39 is 0 Å². The van der Waals surface area contributed by atoms with Crippen molar-refractivity contribution in [3.05, 3.63) is 66.7 Å². The fourth-order valence-electron chi connectivity index (χ4n) is 3.33. The van der Waals surface area contributed by atoms with Crippen molar-refractivity contribution in [3.63, 3.8) is 0 Å². The van der Waals surface area contributed by atoms with Crippen LogP contribution in [0.15, 0.2) is 61.2 Å². The number of fused-ring (bicyclic) bond motifs is 1. The molecule has 1 unspecified atom stereocenters. The zero-order valence-electron chi connectivity index (χ0n) is 15.7. The number of pyridine rings is 1. The molecule has 1 saturated heterocycles. The van der Waals surface area contributed by atoms with E-state index in [0.717, 1.165) is 41.1 Å². The molecule has 0 bridgehead atoms. The van der Waals surface area contributed by atoms with E-state index in [4.69, 9.17) is 9.47 Å². The number of anilines is 1. The number of nitrogens with one attached hydrogen (secondary N) is 1. The van der Waals surface area contributed by atoms with Gasteiger partial charge in [0, 0.05) is 25.2 Å². The molecule has 0 spiro atoms. The summed E-state index contributed by atoms with van der Waals surface area (Å²) in [6.45, 7) is 1.95. The Morgan fingerprint density at radius 3 is 2.93 bits per heavy atom. The van der Waals surface area contributed by atoms with Gasteiger partial charge in [-0.2, -0.15) is 5.10 Å². The molecule has 1 atom stereocenters. The lowest BCUT2D eigenvalue weighted by atomic mass is 10.2. The summed E-state index contributed by atoms with van der Waals surface area (Å²) in [6.07, 6.45) is 6.06. The monoisotopic (exact) mass is 388 g/mol. The molecule has 146 valence electrons. The molecule has 29 heavy (non-hydrogen) atoms. The fraction of sp³-hybridized carbons (Fsp3) is 0.238. The summed E-state index contributed by atoms with van der Waals surface area (Å²) in [4.78, 5) is 13.1. The van der Waals surface area contributed by atoms with Crippen LogP contribution in [-0.2, 0) is 11.3 Å². The van der Waals surface area contributed by atoms with Gasteiger partial charge in [-0.05, 0) is 23.8 Å². The van der Waals surface area contributed by atoms with Crippen molar-refractivity contribution in [2.24, 2.45) is 0 Å². The number of hydrogen-bond donors (Lipinski definition) is 1. The Balaban J connectivity index is 1.34. The zero-order valence-corrected chi connectivity index (χ0v) is 15.7. The summed E-state index contributed by atoms with van der Waals surface area (Å²) >= 11 is 0. The molecule has 0 aliphatic carbocycles. The molecule has 5 rings (SSSR count). The summed E-state index contributed by atoms with van der Waals surface area (Å²) in [5.74, 6) is 1.35. The predicted octanol–water partition coefficient (Wildman–Crippen LogP) is 2.99. The van der Waals surface area contributed by atoms with Crippen LogP contribution in [0.25, 0.3) is 16.7 Å². The maximum atomic E-state index is 5.89. The molecule has 8 heteroatoms. The quantitative estimate of drug-likeness (QED) is 0.543. The summed E-state index contributed by atoms with van der Waals surface area (Å²) in [7, 11) is 0. The van der Waals surface area contributed by atoms with Gasteiger partial charge in [0.2, 0.25) is 5.88 Å². The van der Waals surface area contributed by atoms with Crippen LogP contribution >= 0.6 is 0 Å². The third-order valence-corrected chi connectivity index (χ3v) is 4.80. The highest BCUT2D eigenvalue weighted by atomic mass is 16.5. The van der Waals surface area contributed by atoms with Crippen LogP contribution in [-0.4, -0.2) is 44.1 Å². The standard InChI is InChI=1S/C21H20N6O2/c1-2-4-16(5-3-1)27-21-18(12-26-27)20(24-14-25-21)23-11-15-6-8-22-19(10-15)29-17-7-9-28-13-17/h1-6,8,10,12,14,17H,7,9,11,13H2,(H,23,24,25). The van der Waals surface area contributed by atoms with Gasteiger partial charge >= 0.3 is 0 Å². The highest BCUT2D eigenvalue weighted by molar-refractivity contribution is 5.87. The largest absolute Gasteiger partial charge is 0.472 e. The Bertz CT molecular complexity index is 1110. The number of benzene rings is 1. The smallest absolute Gasteiger partial charge is 0.213 e. The molecule has 0 saturated carbocycles. The van der Waals surface area contributed by atoms with Crippen LogP contribution in [0.5, 0.6) is 5.88 Å². The van der Waals surface area contributed by atoms with Crippen LogP contribution in [0.3, 0.4) is 0 Å². The van der Waals surface area contributed by atoms with E-state index in [1.54, 1.807) is 18.7 Å². The summed E-state index contributed by atoms with van der Waals surface area (Å²) < 4.78 is 13.0. The first kappa shape index (κ1) is 17.6. The van der Waals surface area contributed by atoms with Crippen molar-refractivity contribution < 1.29 is 9.47 Å². The third-order valence-electron chi connectivity index (χ3n) is 4.80. The topological polar surface area (TPSA) is 87.0 Å². The normalized spacial score (nSPS) is 16.2. The Hall–Kier alpha value is -3.52. The first-order chi connectivity index (χ1) is 14.4. The van der Waals surface area contributed by atoms with Crippen molar-refractivity contribution >= 4 is 16.9 Å². The second kappa shape index (κ2) is 7.84. The van der Waals surface area contributed by atoms with E-state index in [-0.39, 0.29) is 6.10 Å². The second-order valence-electron chi connectivity index (χ2n) is 6.81. The first-order valence-corrected chi connectivity index (χ1v) is 9.54. The average Bonchev–Trinajstić information content (AvgIpc) is 3.43. The first-order valence-electron chi connectivity index (χ1n) is 9.54. The van der Waals surface area contributed by atoms with Gasteiger partial charge in [-0.1, -0.05) is 18.2 Å². The second-order valence-corrected chi connectivity index (χ2v) is 6.81. The molecule has 3 aromatic heterocycles. The van der Waals surface area contributed by atoms with Gasteiger partial charge in [0.25, 0.3) is 0 Å². The highest BCUT2D eigenvalue weighted by Crippen LogP contribution is 2.22. The van der Waals surface area contributed by atoms with Crippen molar-refractivity contribution in [1.82, 2.24) is 24.7 Å². The molecule has 1 aliphatic heterocycles. The molecule has 8 nitrogen and oxygen atoms in total. The van der Waals surface area contributed by atoms with Gasteiger partial charge in [-0.3, -0.25) is 0 Å². The highest BCUT2D eigenvalue weighted by Gasteiger charge is 2.18. The van der Waals surface area contributed by atoms with Gasteiger partial charge in [0.05, 0.1) is 30.5 Å². The minimum atomic E-state index is 0.0797. The van der Waals surface area contributed by atoms with Gasteiger partial charge in [-0.15, -0.1) is 0 Å². The van der Waals surface area contributed by atoms with Gasteiger partial charge in [0.1, 0.15) is 18.2 Å². The van der Waals surface area contributed by atoms with Gasteiger partial charge in [-0.25, -0.2) is 19.6 Å². The molecule has 4 heterocycles. The Kier molecular flexibility index (Phi) is 4.75. The van der Waals surface area contributed by atoms with Gasteiger partial charge in [0.15, 0.2) is 5.65 Å². The maximum absolute atomic E-state index is 5.89. The number of hydrogen-bond acceptors (Lipinski definition) is 7. The third kappa shape index (κ3) is 3.74. The van der Waals surface area contributed by atoms with Crippen molar-refractivity contribution in [3.8, 4) is 11.6 Å². The SMILES string of the molecule is c1ccc(-n2ncc3c(NCc4ccnc(OC5CCOC5)c4)ncnc32)cc1. The van der Waals surface area contributed by atoms with E-state index in [0.29, 0.717) is 19.0 Å². The lowest BCUT2D eigenvalue weighted by molar-refractivity contribution is 0.138. The minimum Gasteiger partial charge on any atom is -0.472 e. The van der Waals surface area contributed by atoms with E-state index in [1.165, 1.54) is 0 Å². The molecule has 0 radical (unpaired) electrons. The molecule has 1 fully saturated rings. The molecule has 1 N–H and O–H groups in total. The van der Waals surface area contributed by atoms with E-state index in [9.17, 15) is 0 Å². The fourth-order valence-corrected chi connectivity index (χ4v) is 3.33. The van der Waals surface area contributed by atoms with E-state index in [1.807, 2.05) is 47.1 Å². The average molecular weight is 388 g/mol. The zero-order chi connectivity index (χ0) is 19.5. The molecule has 1 aliphatic rings. The van der Waals surface area contributed by atoms with Crippen LogP contribution in [0.1, 0.15) is 12.0 Å². The van der Waals surface area contributed by atoms with Crippen LogP contribution < -0.4 is 10.1 Å². The summed E-state index contributed by atoms with van der Waals surface area (Å²) in [5.41, 5.74) is 2.77.